The largest absolute Gasteiger partial charge is 0.393 e. The van der Waals surface area contributed by atoms with Gasteiger partial charge in [-0.15, -0.1) is 0 Å². The second-order valence-corrected chi connectivity index (χ2v) is 3.65. The first-order chi connectivity index (χ1) is 7.09. The van der Waals surface area contributed by atoms with Gasteiger partial charge in [-0.25, -0.2) is 4.98 Å². The van der Waals surface area contributed by atoms with Gasteiger partial charge in [-0.3, -0.25) is 4.79 Å². The van der Waals surface area contributed by atoms with Crippen molar-refractivity contribution in [3.63, 3.8) is 0 Å². The van der Waals surface area contributed by atoms with Crippen molar-refractivity contribution in [3.05, 3.63) is 29.0 Å². The molecule has 0 bridgehead atoms. The molecule has 15 heavy (non-hydrogen) atoms. The van der Waals surface area contributed by atoms with Gasteiger partial charge in [0, 0.05) is 12.7 Å². The van der Waals surface area contributed by atoms with Gasteiger partial charge >= 0.3 is 0 Å². The molecule has 1 unspecified atom stereocenters. The maximum absolute atomic E-state index is 11.5. The highest BCUT2D eigenvalue weighted by Gasteiger charge is 2.05. The van der Waals surface area contributed by atoms with Gasteiger partial charge in [-0.1, -0.05) is 11.6 Å². The lowest BCUT2D eigenvalue weighted by atomic mass is 10.2. The van der Waals surface area contributed by atoms with E-state index in [1.807, 2.05) is 0 Å². The third-order valence-electron chi connectivity index (χ3n) is 1.84. The van der Waals surface area contributed by atoms with E-state index in [9.17, 15) is 4.79 Å². The van der Waals surface area contributed by atoms with Crippen molar-refractivity contribution in [1.29, 1.82) is 0 Å². The Morgan fingerprint density at radius 1 is 1.67 bits per heavy atom. The van der Waals surface area contributed by atoms with E-state index >= 15 is 0 Å². The molecule has 0 aliphatic heterocycles. The number of aliphatic hydroxyl groups is 1. The first-order valence-corrected chi connectivity index (χ1v) is 5.05. The van der Waals surface area contributed by atoms with E-state index in [1.165, 1.54) is 6.20 Å². The Balaban J connectivity index is 2.43. The molecule has 0 saturated carbocycles. The number of carbonyl (C=O) groups is 1. The zero-order valence-corrected chi connectivity index (χ0v) is 9.16. The molecule has 1 atom stereocenters. The lowest BCUT2D eigenvalue weighted by Crippen LogP contribution is -2.26. The summed E-state index contributed by atoms with van der Waals surface area (Å²) >= 11 is 5.59. The van der Waals surface area contributed by atoms with Gasteiger partial charge in [-0.05, 0) is 25.5 Å². The lowest BCUT2D eigenvalue weighted by molar-refractivity contribution is 0.0945. The molecule has 5 heteroatoms. The minimum absolute atomic E-state index is 0.209. The summed E-state index contributed by atoms with van der Waals surface area (Å²) in [4.78, 5) is 15.3. The van der Waals surface area contributed by atoms with E-state index in [1.54, 1.807) is 19.1 Å². The van der Waals surface area contributed by atoms with Crippen LogP contribution in [0.5, 0.6) is 0 Å². The summed E-state index contributed by atoms with van der Waals surface area (Å²) in [5.74, 6) is -0.209. The summed E-state index contributed by atoms with van der Waals surface area (Å²) in [5, 5.41) is 12.0. The predicted molar refractivity (Wildman–Crippen MR) is 57.9 cm³/mol. The molecule has 82 valence electrons. The molecule has 1 aromatic rings. The number of hydrogen-bond donors (Lipinski definition) is 2. The summed E-state index contributed by atoms with van der Waals surface area (Å²) in [6, 6.07) is 3.16. The second-order valence-electron chi connectivity index (χ2n) is 3.26. The number of nitrogens with one attached hydrogen (secondary N) is 1. The Labute approximate surface area is 93.3 Å². The summed E-state index contributed by atoms with van der Waals surface area (Å²) in [7, 11) is 0. The number of halogens is 1. The van der Waals surface area contributed by atoms with Crippen LogP contribution in [0, 0.1) is 0 Å². The van der Waals surface area contributed by atoms with Crippen LogP contribution >= 0.6 is 11.6 Å². The number of pyridine rings is 1. The normalized spacial score (nSPS) is 12.2. The quantitative estimate of drug-likeness (QED) is 0.763. The van der Waals surface area contributed by atoms with E-state index in [0.29, 0.717) is 23.7 Å². The van der Waals surface area contributed by atoms with E-state index < -0.39 is 6.10 Å². The number of nitrogens with zero attached hydrogens (tertiary/aromatic N) is 1. The molecule has 1 heterocycles. The molecule has 1 aromatic heterocycles. The van der Waals surface area contributed by atoms with Crippen molar-refractivity contribution >= 4 is 17.5 Å². The minimum Gasteiger partial charge on any atom is -0.393 e. The maximum atomic E-state index is 11.5. The van der Waals surface area contributed by atoms with Gasteiger partial charge in [0.25, 0.3) is 5.91 Å². The first-order valence-electron chi connectivity index (χ1n) is 4.67. The van der Waals surface area contributed by atoms with Crippen LogP contribution in [0.2, 0.25) is 5.15 Å². The smallest absolute Gasteiger partial charge is 0.252 e. The van der Waals surface area contributed by atoms with Gasteiger partial charge in [0.2, 0.25) is 0 Å². The van der Waals surface area contributed by atoms with Gasteiger partial charge in [0.1, 0.15) is 5.15 Å². The maximum Gasteiger partial charge on any atom is 0.252 e. The fraction of sp³-hybridized carbons (Fsp3) is 0.400. The molecule has 0 radical (unpaired) electrons. The van der Waals surface area contributed by atoms with Crippen LogP contribution in [-0.2, 0) is 0 Å². The number of rotatable bonds is 4. The third-order valence-corrected chi connectivity index (χ3v) is 2.06. The average Bonchev–Trinajstić information content (AvgIpc) is 2.18. The number of aliphatic hydroxyl groups excluding tert-OH is 1. The molecule has 0 aliphatic carbocycles. The van der Waals surface area contributed by atoms with Crippen LogP contribution in [0.25, 0.3) is 0 Å². The predicted octanol–water partition coefficient (Wildman–Crippen LogP) is 1.24. The third kappa shape index (κ3) is 4.27. The highest BCUT2D eigenvalue weighted by atomic mass is 35.5. The zero-order chi connectivity index (χ0) is 11.3. The van der Waals surface area contributed by atoms with Crippen molar-refractivity contribution < 1.29 is 9.90 Å². The van der Waals surface area contributed by atoms with Crippen molar-refractivity contribution in [2.24, 2.45) is 0 Å². The summed E-state index contributed by atoms with van der Waals surface area (Å²) in [6.45, 7) is 2.12. The molecule has 1 rings (SSSR count). The Bertz CT molecular complexity index is 325. The van der Waals surface area contributed by atoms with Gasteiger partial charge in [0.05, 0.1) is 11.7 Å². The van der Waals surface area contributed by atoms with Crippen LogP contribution in [0.15, 0.2) is 18.3 Å². The minimum atomic E-state index is -0.409. The Kier molecular flexibility index (Phi) is 4.52. The number of aromatic nitrogens is 1. The zero-order valence-electron chi connectivity index (χ0n) is 8.40. The van der Waals surface area contributed by atoms with Crippen LogP contribution in [0.4, 0.5) is 0 Å². The van der Waals surface area contributed by atoms with Crippen LogP contribution in [-0.4, -0.2) is 28.6 Å². The molecule has 0 fully saturated rings. The standard InChI is InChI=1S/C10H13ClN2O2/c1-7(14)4-5-12-10(15)8-2-3-9(11)13-6-8/h2-3,6-7,14H,4-5H2,1H3,(H,12,15). The fourth-order valence-electron chi connectivity index (χ4n) is 1.01. The second kappa shape index (κ2) is 5.68. The molecule has 2 N–H and O–H groups in total. The molecule has 0 saturated heterocycles. The molecule has 1 amide bonds. The number of hydrogen-bond acceptors (Lipinski definition) is 3. The molecule has 0 aromatic carbocycles. The van der Waals surface area contributed by atoms with Crippen molar-refractivity contribution in [3.8, 4) is 0 Å². The Hall–Kier alpha value is -1.13. The lowest BCUT2D eigenvalue weighted by Gasteiger charge is -2.06. The van der Waals surface area contributed by atoms with Crippen LogP contribution < -0.4 is 5.32 Å². The van der Waals surface area contributed by atoms with Gasteiger partial charge in [0.15, 0.2) is 0 Å². The monoisotopic (exact) mass is 228 g/mol. The molecule has 0 aliphatic rings. The SMILES string of the molecule is CC(O)CCNC(=O)c1ccc(Cl)nc1. The summed E-state index contributed by atoms with van der Waals surface area (Å²) in [5.41, 5.74) is 0.463. The summed E-state index contributed by atoms with van der Waals surface area (Å²) in [6.07, 6.45) is 1.54. The van der Waals surface area contributed by atoms with Crippen LogP contribution in [0.1, 0.15) is 23.7 Å². The van der Waals surface area contributed by atoms with E-state index in [0.717, 1.165) is 0 Å². The molecule has 4 nitrogen and oxygen atoms in total. The van der Waals surface area contributed by atoms with Crippen molar-refractivity contribution in [2.45, 2.75) is 19.4 Å². The topological polar surface area (TPSA) is 62.2 Å². The molecule has 0 spiro atoms. The van der Waals surface area contributed by atoms with Gasteiger partial charge < -0.3 is 10.4 Å². The van der Waals surface area contributed by atoms with E-state index in [-0.39, 0.29) is 5.91 Å². The Morgan fingerprint density at radius 2 is 2.40 bits per heavy atom. The highest BCUT2D eigenvalue weighted by molar-refractivity contribution is 6.29. The van der Waals surface area contributed by atoms with E-state index in [4.69, 9.17) is 16.7 Å². The fourth-order valence-corrected chi connectivity index (χ4v) is 1.12. The van der Waals surface area contributed by atoms with E-state index in [2.05, 4.69) is 10.3 Å². The first kappa shape index (κ1) is 11.9. The van der Waals surface area contributed by atoms with Crippen molar-refractivity contribution in [2.75, 3.05) is 6.54 Å². The van der Waals surface area contributed by atoms with Crippen molar-refractivity contribution in [1.82, 2.24) is 10.3 Å². The number of carbonyl (C=O) groups excluding carboxylic acids is 1. The van der Waals surface area contributed by atoms with Gasteiger partial charge in [-0.2, -0.15) is 0 Å². The molecular formula is C10H13ClN2O2. The average molecular weight is 229 g/mol. The van der Waals surface area contributed by atoms with Crippen LogP contribution in [0.3, 0.4) is 0 Å². The Morgan fingerprint density at radius 3 is 2.93 bits per heavy atom. The highest BCUT2D eigenvalue weighted by Crippen LogP contribution is 2.04. The number of amides is 1. The molecular weight excluding hydrogens is 216 g/mol. The summed E-state index contributed by atoms with van der Waals surface area (Å²) < 4.78 is 0.